The number of amides is 1. The first-order valence-electron chi connectivity index (χ1n) is 7.94. The van der Waals surface area contributed by atoms with Crippen LogP contribution in [-0.2, 0) is 0 Å². The molecule has 0 atom stereocenters. The van der Waals surface area contributed by atoms with Gasteiger partial charge in [-0.25, -0.2) is 0 Å². The van der Waals surface area contributed by atoms with Crippen LogP contribution in [0.15, 0.2) is 41.8 Å². The first kappa shape index (κ1) is 15.8. The van der Waals surface area contributed by atoms with Gasteiger partial charge in [0.05, 0.1) is 11.5 Å². The summed E-state index contributed by atoms with van der Waals surface area (Å²) in [6.07, 6.45) is 3.06. The average Bonchev–Trinajstić information content (AvgIpc) is 3.01. The molecule has 0 radical (unpaired) electrons. The van der Waals surface area contributed by atoms with Crippen LogP contribution in [0.5, 0.6) is 5.75 Å². The second-order valence-electron chi connectivity index (χ2n) is 5.62. The Morgan fingerprint density at radius 3 is 2.61 bits per heavy atom. The first-order chi connectivity index (χ1) is 11.2. The molecule has 2 heterocycles. The van der Waals surface area contributed by atoms with E-state index < -0.39 is 0 Å². The summed E-state index contributed by atoms with van der Waals surface area (Å²) in [4.78, 5) is 15.3. The van der Waals surface area contributed by atoms with Crippen molar-refractivity contribution in [1.29, 1.82) is 0 Å². The van der Waals surface area contributed by atoms with Gasteiger partial charge in [-0.2, -0.15) is 0 Å². The molecule has 0 saturated carbocycles. The third-order valence-corrected chi connectivity index (χ3v) is 5.09. The van der Waals surface area contributed by atoms with Crippen molar-refractivity contribution in [3.63, 3.8) is 0 Å². The molecule has 0 spiro atoms. The van der Waals surface area contributed by atoms with Gasteiger partial charge >= 0.3 is 0 Å². The summed E-state index contributed by atoms with van der Waals surface area (Å²) >= 11 is 1.53. The van der Waals surface area contributed by atoms with E-state index in [9.17, 15) is 4.79 Å². The predicted molar refractivity (Wildman–Crippen MR) is 95.2 cm³/mol. The van der Waals surface area contributed by atoms with Crippen molar-refractivity contribution in [3.05, 3.63) is 57.8 Å². The fourth-order valence-electron chi connectivity index (χ4n) is 2.78. The summed E-state index contributed by atoms with van der Waals surface area (Å²) in [6, 6.07) is 10.2. The number of thiophene rings is 1. The maximum Gasteiger partial charge on any atom is 0.264 e. The number of carbonyl (C=O) groups is 1. The number of hydrogen-bond donors (Lipinski definition) is 0. The monoisotopic (exact) mass is 327 g/mol. The molecule has 0 fully saturated rings. The largest absolute Gasteiger partial charge is 0.494 e. The molecule has 0 unspecified atom stereocenters. The van der Waals surface area contributed by atoms with E-state index in [0.29, 0.717) is 13.2 Å². The van der Waals surface area contributed by atoms with E-state index in [2.05, 4.69) is 18.2 Å². The molecule has 1 amide bonds. The summed E-state index contributed by atoms with van der Waals surface area (Å²) in [5.74, 6) is 1.05. The molecule has 120 valence electrons. The zero-order valence-electron chi connectivity index (χ0n) is 13.5. The van der Waals surface area contributed by atoms with Crippen LogP contribution >= 0.6 is 11.3 Å². The third-order valence-electron chi connectivity index (χ3n) is 4.09. The number of benzene rings is 1. The van der Waals surface area contributed by atoms with E-state index >= 15 is 0 Å². The highest BCUT2D eigenvalue weighted by Gasteiger charge is 2.21. The van der Waals surface area contributed by atoms with Crippen LogP contribution in [0.1, 0.15) is 34.1 Å². The molecule has 0 bridgehead atoms. The number of rotatable bonds is 4. The lowest BCUT2D eigenvalue weighted by molar-refractivity contribution is 0.0777. The summed E-state index contributed by atoms with van der Waals surface area (Å²) in [5.41, 5.74) is 3.59. The molecule has 0 aliphatic carbocycles. The fraction of sp³-hybridized carbons (Fsp3) is 0.316. The van der Waals surface area contributed by atoms with Gasteiger partial charge in [-0.05, 0) is 60.5 Å². The highest BCUT2D eigenvalue weighted by Crippen LogP contribution is 2.26. The average molecular weight is 327 g/mol. The quantitative estimate of drug-likeness (QED) is 0.834. The Morgan fingerprint density at radius 2 is 2.04 bits per heavy atom. The van der Waals surface area contributed by atoms with Crippen molar-refractivity contribution in [2.24, 2.45) is 0 Å². The Balaban J connectivity index is 1.68. The van der Waals surface area contributed by atoms with Crippen molar-refractivity contribution in [1.82, 2.24) is 4.90 Å². The Morgan fingerprint density at radius 1 is 1.26 bits per heavy atom. The van der Waals surface area contributed by atoms with E-state index in [-0.39, 0.29) is 5.91 Å². The van der Waals surface area contributed by atoms with Crippen LogP contribution in [0.4, 0.5) is 0 Å². The molecular weight excluding hydrogens is 306 g/mol. The molecule has 1 aromatic heterocycles. The van der Waals surface area contributed by atoms with Gasteiger partial charge in [0.25, 0.3) is 5.91 Å². The van der Waals surface area contributed by atoms with Gasteiger partial charge in [-0.1, -0.05) is 18.2 Å². The van der Waals surface area contributed by atoms with Crippen molar-refractivity contribution >= 4 is 22.8 Å². The van der Waals surface area contributed by atoms with Crippen LogP contribution < -0.4 is 4.74 Å². The van der Waals surface area contributed by atoms with Crippen molar-refractivity contribution < 1.29 is 9.53 Å². The molecular formula is C19H21NO2S. The third kappa shape index (κ3) is 3.48. The molecule has 0 saturated heterocycles. The van der Waals surface area contributed by atoms with E-state index in [1.54, 1.807) is 0 Å². The topological polar surface area (TPSA) is 29.5 Å². The van der Waals surface area contributed by atoms with Gasteiger partial charge in [0.1, 0.15) is 5.75 Å². The number of nitrogens with zero attached hydrogens (tertiary/aromatic N) is 1. The molecule has 23 heavy (non-hydrogen) atoms. The second-order valence-corrected chi connectivity index (χ2v) is 6.54. The lowest BCUT2D eigenvalue weighted by Gasteiger charge is -2.26. The minimum absolute atomic E-state index is 0.152. The summed E-state index contributed by atoms with van der Waals surface area (Å²) in [6.45, 7) is 6.11. The standard InChI is InChI=1S/C19H21NO2S/c1-3-22-17-6-4-15(5-7-17)16-8-11-20(12-9-16)19(21)18-14(2)10-13-23-18/h4-8,10,13H,3,9,11-12H2,1-2H3. The molecule has 0 N–H and O–H groups in total. The number of carbonyl (C=O) groups excluding carboxylic acids is 1. The predicted octanol–water partition coefficient (Wildman–Crippen LogP) is 4.38. The smallest absolute Gasteiger partial charge is 0.264 e. The van der Waals surface area contributed by atoms with Gasteiger partial charge in [0.2, 0.25) is 0 Å². The Bertz CT molecular complexity index is 715. The van der Waals surface area contributed by atoms with Crippen LogP contribution in [0.2, 0.25) is 0 Å². The molecule has 2 aromatic rings. The molecule has 3 nitrogen and oxygen atoms in total. The van der Waals surface area contributed by atoms with E-state index in [1.807, 2.05) is 42.3 Å². The molecule has 3 rings (SSSR count). The first-order valence-corrected chi connectivity index (χ1v) is 8.82. The lowest BCUT2D eigenvalue weighted by Crippen LogP contribution is -2.34. The van der Waals surface area contributed by atoms with Crippen LogP contribution in [0.3, 0.4) is 0 Å². The molecule has 1 aromatic carbocycles. The SMILES string of the molecule is CCOc1ccc(C2=CCN(C(=O)c3sccc3C)CC2)cc1. The van der Waals surface area contributed by atoms with E-state index in [4.69, 9.17) is 4.74 Å². The van der Waals surface area contributed by atoms with Gasteiger partial charge in [0, 0.05) is 13.1 Å². The van der Waals surface area contributed by atoms with Gasteiger partial charge < -0.3 is 9.64 Å². The Hall–Kier alpha value is -2.07. The highest BCUT2D eigenvalue weighted by atomic mass is 32.1. The zero-order chi connectivity index (χ0) is 16.2. The number of hydrogen-bond acceptors (Lipinski definition) is 3. The maximum absolute atomic E-state index is 12.5. The minimum atomic E-state index is 0.152. The Kier molecular flexibility index (Phi) is 4.82. The van der Waals surface area contributed by atoms with E-state index in [1.165, 1.54) is 22.5 Å². The molecule has 1 aliphatic heterocycles. The second kappa shape index (κ2) is 7.01. The van der Waals surface area contributed by atoms with Gasteiger partial charge in [-0.3, -0.25) is 4.79 Å². The number of ether oxygens (including phenoxy) is 1. The number of aryl methyl sites for hydroxylation is 1. The minimum Gasteiger partial charge on any atom is -0.494 e. The summed E-state index contributed by atoms with van der Waals surface area (Å²) in [7, 11) is 0. The van der Waals surface area contributed by atoms with E-state index in [0.717, 1.165) is 29.2 Å². The van der Waals surface area contributed by atoms with Crippen LogP contribution in [-0.4, -0.2) is 30.5 Å². The molecule has 4 heteroatoms. The summed E-state index contributed by atoms with van der Waals surface area (Å²) in [5, 5.41) is 1.98. The fourth-order valence-corrected chi connectivity index (χ4v) is 3.68. The van der Waals surface area contributed by atoms with Crippen molar-refractivity contribution in [3.8, 4) is 5.75 Å². The lowest BCUT2D eigenvalue weighted by atomic mass is 9.99. The van der Waals surface area contributed by atoms with Crippen molar-refractivity contribution in [2.75, 3.05) is 19.7 Å². The van der Waals surface area contributed by atoms with Gasteiger partial charge in [-0.15, -0.1) is 11.3 Å². The molecule has 1 aliphatic rings. The normalized spacial score (nSPS) is 14.5. The van der Waals surface area contributed by atoms with Crippen molar-refractivity contribution in [2.45, 2.75) is 20.3 Å². The maximum atomic E-state index is 12.5. The van der Waals surface area contributed by atoms with Crippen LogP contribution in [0.25, 0.3) is 5.57 Å². The summed E-state index contributed by atoms with van der Waals surface area (Å²) < 4.78 is 5.48. The Labute approximate surface area is 141 Å². The van der Waals surface area contributed by atoms with Gasteiger partial charge in [0.15, 0.2) is 0 Å². The highest BCUT2D eigenvalue weighted by molar-refractivity contribution is 7.12. The zero-order valence-corrected chi connectivity index (χ0v) is 14.4. The van der Waals surface area contributed by atoms with Crippen LogP contribution in [0, 0.1) is 6.92 Å².